The second-order valence-corrected chi connectivity index (χ2v) is 8.22. The largest absolute Gasteiger partial charge is 0.357 e. The molecule has 0 aromatic heterocycles. The highest BCUT2D eigenvalue weighted by atomic mass is 127. The molecule has 0 spiro atoms. The van der Waals surface area contributed by atoms with E-state index in [1.54, 1.807) is 19.0 Å². The third-order valence-corrected chi connectivity index (χ3v) is 5.24. The van der Waals surface area contributed by atoms with Crippen LogP contribution in [0, 0.1) is 0 Å². The normalized spacial score (nSPS) is 11.3. The van der Waals surface area contributed by atoms with E-state index in [1.807, 2.05) is 24.3 Å². The van der Waals surface area contributed by atoms with E-state index in [9.17, 15) is 4.79 Å². The number of guanidine groups is 1. The van der Waals surface area contributed by atoms with Crippen molar-refractivity contribution in [2.45, 2.75) is 46.4 Å². The number of nitrogens with zero attached hydrogens (tertiary/aromatic N) is 3. The van der Waals surface area contributed by atoms with Crippen LogP contribution >= 0.6 is 24.0 Å². The van der Waals surface area contributed by atoms with Crippen molar-refractivity contribution >= 4 is 35.8 Å². The van der Waals surface area contributed by atoms with Crippen LogP contribution in [-0.4, -0.2) is 55.4 Å². The Kier molecular flexibility index (Phi) is 12.3. The molecule has 0 bridgehead atoms. The molecule has 176 valence electrons. The Morgan fingerprint density at radius 3 is 2.16 bits per heavy atom. The number of nitrogens with one attached hydrogen (secondary N) is 2. The second-order valence-electron chi connectivity index (χ2n) is 8.22. The molecule has 0 aliphatic heterocycles. The first-order valence-electron chi connectivity index (χ1n) is 10.9. The Balaban J connectivity index is 0.00000512. The van der Waals surface area contributed by atoms with Gasteiger partial charge in [-0.05, 0) is 56.6 Å². The summed E-state index contributed by atoms with van der Waals surface area (Å²) in [5.41, 5.74) is 4.34. The Morgan fingerprint density at radius 2 is 1.59 bits per heavy atom. The fourth-order valence-electron chi connectivity index (χ4n) is 3.04. The Bertz CT molecular complexity index is 865. The van der Waals surface area contributed by atoms with Crippen LogP contribution in [0.2, 0.25) is 0 Å². The maximum Gasteiger partial charge on any atom is 0.253 e. The van der Waals surface area contributed by atoms with Crippen molar-refractivity contribution in [3.05, 3.63) is 70.8 Å². The molecule has 2 N–H and O–H groups in total. The molecular weight excluding hydrogens is 513 g/mol. The second kappa shape index (κ2) is 14.1. The molecule has 0 aliphatic rings. The minimum atomic E-state index is 0. The molecule has 2 aromatic carbocycles. The Hall–Kier alpha value is -2.13. The molecule has 7 heteroatoms. The molecule has 0 heterocycles. The zero-order valence-electron chi connectivity index (χ0n) is 20.2. The van der Waals surface area contributed by atoms with Gasteiger partial charge >= 0.3 is 0 Å². The van der Waals surface area contributed by atoms with Gasteiger partial charge in [-0.2, -0.15) is 0 Å². The fraction of sp³-hybridized carbons (Fsp3) is 0.440. The molecule has 0 aliphatic carbocycles. The minimum absolute atomic E-state index is 0. The van der Waals surface area contributed by atoms with Crippen LogP contribution in [0.4, 0.5) is 0 Å². The lowest BCUT2D eigenvalue weighted by atomic mass is 10.1. The minimum Gasteiger partial charge on any atom is -0.357 e. The summed E-state index contributed by atoms with van der Waals surface area (Å²) in [6, 6.07) is 16.7. The highest BCUT2D eigenvalue weighted by Crippen LogP contribution is 2.13. The number of carbonyl (C=O) groups excluding carboxylic acids is 1. The van der Waals surface area contributed by atoms with Crippen molar-refractivity contribution in [1.82, 2.24) is 20.4 Å². The van der Waals surface area contributed by atoms with E-state index >= 15 is 0 Å². The van der Waals surface area contributed by atoms with E-state index in [-0.39, 0.29) is 29.9 Å². The number of carbonyl (C=O) groups is 1. The molecule has 0 saturated heterocycles. The standard InChI is InChI=1S/C25H37N5O.HI/c1-7-26-25(27-16-20-12-14-21(15-13-20)24(31)29(4)5)28-17-22-10-8-9-11-23(22)18-30(6)19(2)3;/h8-15,19H,7,16-18H2,1-6H3,(H2,26,27,28);1H. The number of benzene rings is 2. The first-order valence-corrected chi connectivity index (χ1v) is 10.9. The molecule has 0 atom stereocenters. The molecule has 0 radical (unpaired) electrons. The van der Waals surface area contributed by atoms with Crippen molar-refractivity contribution in [2.24, 2.45) is 4.99 Å². The zero-order chi connectivity index (χ0) is 22.8. The Morgan fingerprint density at radius 1 is 0.969 bits per heavy atom. The summed E-state index contributed by atoms with van der Waals surface area (Å²) >= 11 is 0. The number of aliphatic imine (C=N–C) groups is 1. The third kappa shape index (κ3) is 8.78. The van der Waals surface area contributed by atoms with Gasteiger partial charge in [0.1, 0.15) is 0 Å². The maximum absolute atomic E-state index is 12.0. The van der Waals surface area contributed by atoms with Crippen molar-refractivity contribution in [2.75, 3.05) is 27.7 Å². The fourth-order valence-corrected chi connectivity index (χ4v) is 3.04. The molecule has 0 unspecified atom stereocenters. The number of amides is 1. The predicted molar refractivity (Wildman–Crippen MR) is 145 cm³/mol. The maximum atomic E-state index is 12.0. The van der Waals surface area contributed by atoms with Gasteiger partial charge in [-0.1, -0.05) is 36.4 Å². The highest BCUT2D eigenvalue weighted by Gasteiger charge is 2.09. The predicted octanol–water partition coefficient (Wildman–Crippen LogP) is 4.10. The molecule has 0 fully saturated rings. The zero-order valence-corrected chi connectivity index (χ0v) is 22.5. The molecule has 2 aromatic rings. The van der Waals surface area contributed by atoms with E-state index in [0.717, 1.165) is 24.6 Å². The summed E-state index contributed by atoms with van der Waals surface area (Å²) in [6.07, 6.45) is 0. The number of rotatable bonds is 9. The quantitative estimate of drug-likeness (QED) is 0.280. The lowest BCUT2D eigenvalue weighted by Crippen LogP contribution is -2.37. The van der Waals surface area contributed by atoms with Gasteiger partial charge in [0.25, 0.3) is 5.91 Å². The van der Waals surface area contributed by atoms with Gasteiger partial charge in [-0.15, -0.1) is 24.0 Å². The first-order chi connectivity index (χ1) is 14.8. The van der Waals surface area contributed by atoms with Crippen LogP contribution in [0.15, 0.2) is 53.5 Å². The van der Waals surface area contributed by atoms with E-state index in [1.165, 1.54) is 11.1 Å². The molecule has 2 rings (SSSR count). The number of hydrogen-bond donors (Lipinski definition) is 2. The lowest BCUT2D eigenvalue weighted by Gasteiger charge is -2.23. The van der Waals surface area contributed by atoms with Crippen LogP contribution in [0.5, 0.6) is 0 Å². The van der Waals surface area contributed by atoms with E-state index < -0.39 is 0 Å². The first kappa shape index (κ1) is 27.9. The summed E-state index contributed by atoms with van der Waals surface area (Å²) in [5.74, 6) is 0.787. The smallest absolute Gasteiger partial charge is 0.253 e. The van der Waals surface area contributed by atoms with Crippen LogP contribution in [0.1, 0.15) is 47.8 Å². The SMILES string of the molecule is CCNC(=NCc1ccc(C(=O)N(C)C)cc1)NCc1ccccc1CN(C)C(C)C.I. The third-order valence-electron chi connectivity index (χ3n) is 5.24. The highest BCUT2D eigenvalue weighted by molar-refractivity contribution is 14.0. The van der Waals surface area contributed by atoms with Gasteiger partial charge in [-0.25, -0.2) is 4.99 Å². The summed E-state index contributed by atoms with van der Waals surface area (Å²) in [4.78, 5) is 20.7. The summed E-state index contributed by atoms with van der Waals surface area (Å²) in [6.45, 7) is 9.44. The van der Waals surface area contributed by atoms with E-state index in [2.05, 4.69) is 67.6 Å². The monoisotopic (exact) mass is 551 g/mol. The van der Waals surface area contributed by atoms with Gasteiger partial charge in [0, 0.05) is 45.3 Å². The van der Waals surface area contributed by atoms with Crippen LogP contribution in [-0.2, 0) is 19.6 Å². The van der Waals surface area contributed by atoms with Gasteiger partial charge in [0.15, 0.2) is 5.96 Å². The van der Waals surface area contributed by atoms with Gasteiger partial charge in [0.05, 0.1) is 6.54 Å². The summed E-state index contributed by atoms with van der Waals surface area (Å²) in [7, 11) is 5.67. The van der Waals surface area contributed by atoms with Gasteiger partial charge in [-0.3, -0.25) is 9.69 Å². The molecule has 1 amide bonds. The average molecular weight is 552 g/mol. The van der Waals surface area contributed by atoms with Crippen LogP contribution in [0.25, 0.3) is 0 Å². The molecule has 6 nitrogen and oxygen atoms in total. The number of halogens is 1. The van der Waals surface area contributed by atoms with E-state index in [0.29, 0.717) is 24.7 Å². The van der Waals surface area contributed by atoms with Crippen molar-refractivity contribution in [3.8, 4) is 0 Å². The van der Waals surface area contributed by atoms with Crippen molar-refractivity contribution in [1.29, 1.82) is 0 Å². The number of hydrogen-bond acceptors (Lipinski definition) is 3. The molecule has 32 heavy (non-hydrogen) atoms. The Labute approximate surface area is 210 Å². The van der Waals surface area contributed by atoms with Crippen LogP contribution in [0.3, 0.4) is 0 Å². The molecule has 0 saturated carbocycles. The van der Waals surface area contributed by atoms with Crippen LogP contribution < -0.4 is 10.6 Å². The average Bonchev–Trinajstić information content (AvgIpc) is 2.76. The van der Waals surface area contributed by atoms with Gasteiger partial charge < -0.3 is 15.5 Å². The topological polar surface area (TPSA) is 60.0 Å². The molecular formula is C25H38IN5O. The van der Waals surface area contributed by atoms with E-state index in [4.69, 9.17) is 4.99 Å². The lowest BCUT2D eigenvalue weighted by molar-refractivity contribution is 0.0827. The van der Waals surface area contributed by atoms with Crippen molar-refractivity contribution in [3.63, 3.8) is 0 Å². The van der Waals surface area contributed by atoms with Gasteiger partial charge in [0.2, 0.25) is 0 Å². The summed E-state index contributed by atoms with van der Waals surface area (Å²) in [5, 5.41) is 6.77. The summed E-state index contributed by atoms with van der Waals surface area (Å²) < 4.78 is 0. The van der Waals surface area contributed by atoms with Crippen molar-refractivity contribution < 1.29 is 4.79 Å².